The number of urea groups is 1. The molecule has 0 radical (unpaired) electrons. The second kappa shape index (κ2) is 7.45. The number of rotatable bonds is 3. The van der Waals surface area contributed by atoms with E-state index in [1.54, 1.807) is 23.4 Å². The van der Waals surface area contributed by atoms with Gasteiger partial charge in [0, 0.05) is 50.3 Å². The molecule has 1 aliphatic heterocycles. The fourth-order valence-electron chi connectivity index (χ4n) is 3.05. The van der Waals surface area contributed by atoms with Crippen LogP contribution in [0.1, 0.15) is 0 Å². The first kappa shape index (κ1) is 17.0. The molecule has 1 fully saturated rings. The first-order valence-electron chi connectivity index (χ1n) is 8.71. The Labute approximate surface area is 156 Å². The summed E-state index contributed by atoms with van der Waals surface area (Å²) in [4.78, 5) is 24.9. The second-order valence-corrected chi connectivity index (χ2v) is 6.24. The highest BCUT2D eigenvalue weighted by molar-refractivity contribution is 5.89. The molecule has 27 heavy (non-hydrogen) atoms. The van der Waals surface area contributed by atoms with E-state index < -0.39 is 0 Å². The van der Waals surface area contributed by atoms with Crippen LogP contribution >= 0.6 is 0 Å². The van der Waals surface area contributed by atoms with Crippen molar-refractivity contribution in [3.63, 3.8) is 0 Å². The average Bonchev–Trinajstić information content (AvgIpc) is 3.23. The van der Waals surface area contributed by atoms with Crippen molar-refractivity contribution in [1.82, 2.24) is 19.4 Å². The number of hydrogen-bond donors (Lipinski definition) is 1. The fraction of sp³-hybridized carbons (Fsp3) is 0.211. The molecule has 0 saturated carbocycles. The third kappa shape index (κ3) is 3.89. The Balaban J connectivity index is 1.37. The monoisotopic (exact) mass is 366 g/mol. The second-order valence-electron chi connectivity index (χ2n) is 6.24. The molecule has 1 aromatic carbocycles. The number of amides is 2. The largest absolute Gasteiger partial charge is 0.353 e. The van der Waals surface area contributed by atoms with Crippen molar-refractivity contribution < 1.29 is 9.18 Å². The Kier molecular flexibility index (Phi) is 4.69. The Morgan fingerprint density at radius 2 is 1.70 bits per heavy atom. The van der Waals surface area contributed by atoms with Crippen molar-refractivity contribution in [3.05, 3.63) is 67.0 Å². The lowest BCUT2D eigenvalue weighted by Gasteiger charge is -2.35. The van der Waals surface area contributed by atoms with Crippen LogP contribution in [0.5, 0.6) is 0 Å². The maximum atomic E-state index is 13.2. The standard InChI is InChI=1S/C19H19FN6O/c20-15-4-3-5-16(12-15)23-19(27)26-10-8-25(9-11-26)18-13-17(21-14-22-18)24-6-1-2-7-24/h1-7,12-14H,8-11H2,(H,23,27). The van der Waals surface area contributed by atoms with Gasteiger partial charge in [-0.2, -0.15) is 0 Å². The van der Waals surface area contributed by atoms with E-state index in [4.69, 9.17) is 0 Å². The molecule has 3 heterocycles. The van der Waals surface area contributed by atoms with E-state index in [1.165, 1.54) is 12.1 Å². The van der Waals surface area contributed by atoms with Crippen LogP contribution in [0.15, 0.2) is 61.2 Å². The van der Waals surface area contributed by atoms with Crippen molar-refractivity contribution in [1.29, 1.82) is 0 Å². The molecule has 0 bridgehead atoms. The minimum Gasteiger partial charge on any atom is -0.353 e. The molecule has 0 aliphatic carbocycles. The number of nitrogens with zero attached hydrogens (tertiary/aromatic N) is 5. The SMILES string of the molecule is O=C(Nc1cccc(F)c1)N1CCN(c2cc(-n3cccc3)ncn2)CC1. The molecule has 0 unspecified atom stereocenters. The summed E-state index contributed by atoms with van der Waals surface area (Å²) >= 11 is 0. The number of aromatic nitrogens is 3. The van der Waals surface area contributed by atoms with Crippen LogP contribution in [-0.2, 0) is 0 Å². The summed E-state index contributed by atoms with van der Waals surface area (Å²) in [5.41, 5.74) is 0.453. The van der Waals surface area contributed by atoms with Crippen LogP contribution in [0.25, 0.3) is 5.82 Å². The van der Waals surface area contributed by atoms with Crippen molar-refractivity contribution in [3.8, 4) is 5.82 Å². The quantitative estimate of drug-likeness (QED) is 0.774. The van der Waals surface area contributed by atoms with Crippen molar-refractivity contribution >= 4 is 17.5 Å². The minimum absolute atomic E-state index is 0.226. The van der Waals surface area contributed by atoms with Gasteiger partial charge in [-0.25, -0.2) is 19.2 Å². The summed E-state index contributed by atoms with van der Waals surface area (Å²) < 4.78 is 15.2. The molecule has 3 aromatic rings. The van der Waals surface area contributed by atoms with Gasteiger partial charge in [0.05, 0.1) is 0 Å². The summed E-state index contributed by atoms with van der Waals surface area (Å²) in [6.07, 6.45) is 5.41. The summed E-state index contributed by atoms with van der Waals surface area (Å²) in [5.74, 6) is 1.26. The van der Waals surface area contributed by atoms with Gasteiger partial charge in [0.1, 0.15) is 23.8 Å². The van der Waals surface area contributed by atoms with E-state index in [9.17, 15) is 9.18 Å². The van der Waals surface area contributed by atoms with Crippen molar-refractivity contribution in [2.24, 2.45) is 0 Å². The highest BCUT2D eigenvalue weighted by Crippen LogP contribution is 2.17. The molecular weight excluding hydrogens is 347 g/mol. The predicted molar refractivity (Wildman–Crippen MR) is 101 cm³/mol. The van der Waals surface area contributed by atoms with Gasteiger partial charge in [0.2, 0.25) is 0 Å². The van der Waals surface area contributed by atoms with E-state index >= 15 is 0 Å². The Morgan fingerprint density at radius 1 is 0.963 bits per heavy atom. The van der Waals surface area contributed by atoms with E-state index in [0.717, 1.165) is 11.6 Å². The summed E-state index contributed by atoms with van der Waals surface area (Å²) in [7, 11) is 0. The number of benzene rings is 1. The van der Waals surface area contributed by atoms with Crippen LogP contribution in [0.3, 0.4) is 0 Å². The fourth-order valence-corrected chi connectivity index (χ4v) is 3.05. The van der Waals surface area contributed by atoms with E-state index in [0.29, 0.717) is 31.9 Å². The van der Waals surface area contributed by atoms with Gasteiger partial charge in [0.15, 0.2) is 0 Å². The van der Waals surface area contributed by atoms with Gasteiger partial charge in [-0.3, -0.25) is 0 Å². The number of hydrogen-bond acceptors (Lipinski definition) is 4. The molecule has 1 aliphatic rings. The molecule has 8 heteroatoms. The Hall–Kier alpha value is -3.42. The third-order valence-electron chi connectivity index (χ3n) is 4.47. The van der Waals surface area contributed by atoms with Crippen LogP contribution in [0, 0.1) is 5.82 Å². The van der Waals surface area contributed by atoms with Crippen molar-refractivity contribution in [2.75, 3.05) is 36.4 Å². The van der Waals surface area contributed by atoms with Gasteiger partial charge >= 0.3 is 6.03 Å². The molecule has 1 N–H and O–H groups in total. The van der Waals surface area contributed by atoms with Crippen LogP contribution in [-0.4, -0.2) is 51.6 Å². The van der Waals surface area contributed by atoms with Gasteiger partial charge in [0.25, 0.3) is 0 Å². The molecule has 0 atom stereocenters. The van der Waals surface area contributed by atoms with E-state index in [2.05, 4.69) is 20.2 Å². The smallest absolute Gasteiger partial charge is 0.321 e. The normalized spacial score (nSPS) is 14.3. The summed E-state index contributed by atoms with van der Waals surface area (Å²) in [6, 6.07) is 11.5. The molecule has 4 rings (SSSR count). The maximum Gasteiger partial charge on any atom is 0.321 e. The topological polar surface area (TPSA) is 66.3 Å². The number of carbonyl (C=O) groups is 1. The molecular formula is C19H19FN6O. The lowest BCUT2D eigenvalue weighted by atomic mass is 10.3. The van der Waals surface area contributed by atoms with Gasteiger partial charge in [-0.05, 0) is 30.3 Å². The molecule has 2 aromatic heterocycles. The number of carbonyl (C=O) groups excluding carboxylic acids is 1. The number of halogens is 1. The van der Waals surface area contributed by atoms with Gasteiger partial charge < -0.3 is 19.7 Å². The van der Waals surface area contributed by atoms with Crippen molar-refractivity contribution in [2.45, 2.75) is 0 Å². The first-order valence-corrected chi connectivity index (χ1v) is 8.71. The summed E-state index contributed by atoms with van der Waals surface area (Å²) in [6.45, 7) is 2.45. The van der Waals surface area contributed by atoms with Crippen LogP contribution < -0.4 is 10.2 Å². The predicted octanol–water partition coefficient (Wildman–Crippen LogP) is 2.76. The number of anilines is 2. The van der Waals surface area contributed by atoms with Crippen LogP contribution in [0.4, 0.5) is 20.7 Å². The molecule has 2 amide bonds. The summed E-state index contributed by atoms with van der Waals surface area (Å²) in [5, 5.41) is 2.73. The molecule has 1 saturated heterocycles. The van der Waals surface area contributed by atoms with Gasteiger partial charge in [-0.15, -0.1) is 0 Å². The molecule has 0 spiro atoms. The number of piperazine rings is 1. The zero-order valence-electron chi connectivity index (χ0n) is 14.6. The lowest BCUT2D eigenvalue weighted by molar-refractivity contribution is 0.208. The lowest BCUT2D eigenvalue weighted by Crippen LogP contribution is -2.50. The molecule has 138 valence electrons. The first-order chi connectivity index (χ1) is 13.2. The highest BCUT2D eigenvalue weighted by atomic mass is 19.1. The Bertz CT molecular complexity index is 921. The Morgan fingerprint density at radius 3 is 2.44 bits per heavy atom. The third-order valence-corrected chi connectivity index (χ3v) is 4.47. The minimum atomic E-state index is -0.375. The zero-order chi connectivity index (χ0) is 18.6. The molecule has 7 nitrogen and oxygen atoms in total. The number of nitrogens with one attached hydrogen (secondary N) is 1. The van der Waals surface area contributed by atoms with Crippen LogP contribution in [0.2, 0.25) is 0 Å². The maximum absolute atomic E-state index is 13.2. The van der Waals surface area contributed by atoms with E-state index in [1.807, 2.05) is 35.2 Å². The highest BCUT2D eigenvalue weighted by Gasteiger charge is 2.22. The zero-order valence-corrected chi connectivity index (χ0v) is 14.6. The van der Waals surface area contributed by atoms with Gasteiger partial charge in [-0.1, -0.05) is 6.07 Å². The van der Waals surface area contributed by atoms with E-state index in [-0.39, 0.29) is 11.8 Å². The average molecular weight is 366 g/mol.